The Balaban J connectivity index is 1.75. The molecular weight excluding hydrogens is 364 g/mol. The summed E-state index contributed by atoms with van der Waals surface area (Å²) in [5, 5.41) is 12.1. The number of nitrogens with zero attached hydrogens (tertiary/aromatic N) is 2. The number of carboxylic acids is 1. The summed E-state index contributed by atoms with van der Waals surface area (Å²) < 4.78 is 5.08. The number of likely N-dealkylation sites (tertiary alicyclic amines) is 1. The summed E-state index contributed by atoms with van der Waals surface area (Å²) in [4.78, 5) is 30.5. The van der Waals surface area contributed by atoms with Crippen molar-refractivity contribution in [1.29, 1.82) is 0 Å². The summed E-state index contributed by atoms with van der Waals surface area (Å²) in [6.45, 7) is 4.92. The molecule has 7 heteroatoms. The van der Waals surface area contributed by atoms with Gasteiger partial charge in [-0.15, -0.1) is 11.3 Å². The van der Waals surface area contributed by atoms with E-state index >= 15 is 0 Å². The van der Waals surface area contributed by atoms with E-state index in [1.165, 1.54) is 24.0 Å². The van der Waals surface area contributed by atoms with Gasteiger partial charge in [0, 0.05) is 31.1 Å². The van der Waals surface area contributed by atoms with Crippen molar-refractivity contribution in [2.24, 2.45) is 5.41 Å². The van der Waals surface area contributed by atoms with Crippen molar-refractivity contribution >= 4 is 23.2 Å². The van der Waals surface area contributed by atoms with Gasteiger partial charge in [0.05, 0.1) is 6.61 Å². The Morgan fingerprint density at radius 3 is 2.63 bits per heavy atom. The Bertz CT molecular complexity index is 831. The quantitative estimate of drug-likeness (QED) is 0.819. The Hall–Kier alpha value is -2.25. The Morgan fingerprint density at radius 2 is 2.04 bits per heavy atom. The average molecular weight is 388 g/mol. The minimum Gasteiger partial charge on any atom is -0.481 e. The number of aromatic nitrogens is 1. The van der Waals surface area contributed by atoms with E-state index in [2.05, 4.69) is 31.0 Å². The number of aliphatic carboxylic acids is 1. The van der Waals surface area contributed by atoms with E-state index in [0.717, 1.165) is 10.6 Å². The van der Waals surface area contributed by atoms with Crippen LogP contribution >= 0.6 is 11.3 Å². The standard InChI is InChI=1S/C20H24N2O4S/c1-13(2)14-4-6-15(7-5-14)17-21-16(10-27-17)18(23)22-9-8-20(11-22,12-26-3)19(24)25/h4-7,10,13H,8-9,11-12H2,1-3H3,(H,24,25). The molecule has 27 heavy (non-hydrogen) atoms. The number of carbonyl (C=O) groups excluding carboxylic acids is 1. The molecule has 1 aliphatic heterocycles. The topological polar surface area (TPSA) is 79.7 Å². The summed E-state index contributed by atoms with van der Waals surface area (Å²) in [5.41, 5.74) is 1.56. The molecule has 0 aliphatic carbocycles. The molecular formula is C20H24N2O4S. The van der Waals surface area contributed by atoms with Crippen LogP contribution in [0.25, 0.3) is 10.6 Å². The van der Waals surface area contributed by atoms with Gasteiger partial charge in [0.15, 0.2) is 0 Å². The number of thiazole rings is 1. The second-order valence-corrected chi connectivity index (χ2v) is 8.17. The van der Waals surface area contributed by atoms with Gasteiger partial charge in [-0.3, -0.25) is 9.59 Å². The minimum atomic E-state index is -1.03. The van der Waals surface area contributed by atoms with Crippen molar-refractivity contribution in [3.63, 3.8) is 0 Å². The first-order valence-electron chi connectivity index (χ1n) is 8.94. The van der Waals surface area contributed by atoms with Crippen LogP contribution in [0.15, 0.2) is 29.6 Å². The number of methoxy groups -OCH3 is 1. The molecule has 1 saturated heterocycles. The number of benzene rings is 1. The smallest absolute Gasteiger partial charge is 0.313 e. The third-order valence-corrected chi connectivity index (χ3v) is 5.95. The number of amides is 1. The van der Waals surface area contributed by atoms with Gasteiger partial charge < -0.3 is 14.7 Å². The molecule has 6 nitrogen and oxygen atoms in total. The van der Waals surface area contributed by atoms with Crippen LogP contribution in [0.3, 0.4) is 0 Å². The lowest BCUT2D eigenvalue weighted by Gasteiger charge is -2.23. The summed E-state index contributed by atoms with van der Waals surface area (Å²) in [6.07, 6.45) is 0.384. The van der Waals surface area contributed by atoms with Gasteiger partial charge in [-0.2, -0.15) is 0 Å². The van der Waals surface area contributed by atoms with Gasteiger partial charge in [0.2, 0.25) is 0 Å². The van der Waals surface area contributed by atoms with E-state index in [4.69, 9.17) is 4.74 Å². The van der Waals surface area contributed by atoms with Crippen molar-refractivity contribution < 1.29 is 19.4 Å². The van der Waals surface area contributed by atoms with Gasteiger partial charge in [0.1, 0.15) is 16.1 Å². The molecule has 0 spiro atoms. The molecule has 1 unspecified atom stereocenters. The summed E-state index contributed by atoms with van der Waals surface area (Å²) in [5.74, 6) is -0.691. The van der Waals surface area contributed by atoms with E-state index in [1.54, 1.807) is 10.3 Å². The Labute approximate surface area is 162 Å². The van der Waals surface area contributed by atoms with Gasteiger partial charge in [-0.25, -0.2) is 4.98 Å². The predicted molar refractivity (Wildman–Crippen MR) is 104 cm³/mol. The second-order valence-electron chi connectivity index (χ2n) is 7.31. The van der Waals surface area contributed by atoms with E-state index < -0.39 is 11.4 Å². The molecule has 2 aromatic rings. The molecule has 1 fully saturated rings. The van der Waals surface area contributed by atoms with Crippen LogP contribution in [-0.2, 0) is 9.53 Å². The highest BCUT2D eigenvalue weighted by Crippen LogP contribution is 2.33. The zero-order chi connectivity index (χ0) is 19.6. The lowest BCUT2D eigenvalue weighted by Crippen LogP contribution is -2.40. The Morgan fingerprint density at radius 1 is 1.33 bits per heavy atom. The van der Waals surface area contributed by atoms with Gasteiger partial charge >= 0.3 is 5.97 Å². The first kappa shape index (κ1) is 19.5. The Kier molecular flexibility index (Phi) is 5.62. The summed E-state index contributed by atoms with van der Waals surface area (Å²) in [6, 6.07) is 8.20. The van der Waals surface area contributed by atoms with E-state index in [9.17, 15) is 14.7 Å². The molecule has 0 radical (unpaired) electrons. The van der Waals surface area contributed by atoms with Crippen molar-refractivity contribution in [3.05, 3.63) is 40.9 Å². The third kappa shape index (κ3) is 3.89. The molecule has 0 saturated carbocycles. The monoisotopic (exact) mass is 388 g/mol. The maximum absolute atomic E-state index is 12.8. The van der Waals surface area contributed by atoms with Crippen LogP contribution in [0.4, 0.5) is 0 Å². The summed E-state index contributed by atoms with van der Waals surface area (Å²) >= 11 is 1.42. The largest absolute Gasteiger partial charge is 0.481 e. The molecule has 1 N–H and O–H groups in total. The number of hydrogen-bond donors (Lipinski definition) is 1. The van der Waals surface area contributed by atoms with Gasteiger partial charge in [0.25, 0.3) is 5.91 Å². The number of rotatable bonds is 6. The first-order chi connectivity index (χ1) is 12.9. The lowest BCUT2D eigenvalue weighted by molar-refractivity contribution is -0.151. The van der Waals surface area contributed by atoms with Crippen molar-refractivity contribution in [1.82, 2.24) is 9.88 Å². The molecule has 1 aliphatic rings. The van der Waals surface area contributed by atoms with Gasteiger partial charge in [-0.1, -0.05) is 38.1 Å². The number of carbonyl (C=O) groups is 2. The second kappa shape index (κ2) is 7.78. The molecule has 2 heterocycles. The molecule has 1 aromatic heterocycles. The molecule has 1 amide bonds. The average Bonchev–Trinajstić information content (AvgIpc) is 3.30. The van der Waals surface area contributed by atoms with Gasteiger partial charge in [-0.05, 0) is 17.9 Å². The van der Waals surface area contributed by atoms with E-state index in [0.29, 0.717) is 24.6 Å². The van der Waals surface area contributed by atoms with Crippen LogP contribution in [0.5, 0.6) is 0 Å². The third-order valence-electron chi connectivity index (χ3n) is 5.06. The van der Waals surface area contributed by atoms with Crippen LogP contribution in [0.2, 0.25) is 0 Å². The fraction of sp³-hybridized carbons (Fsp3) is 0.450. The van der Waals surface area contributed by atoms with E-state index in [-0.39, 0.29) is 19.1 Å². The van der Waals surface area contributed by atoms with Crippen LogP contribution in [0.1, 0.15) is 42.2 Å². The number of hydrogen-bond acceptors (Lipinski definition) is 5. The normalized spacial score (nSPS) is 19.6. The molecule has 0 bridgehead atoms. The van der Waals surface area contributed by atoms with Crippen molar-refractivity contribution in [3.8, 4) is 10.6 Å². The minimum absolute atomic E-state index is 0.0939. The SMILES string of the molecule is COCC1(C(=O)O)CCN(C(=O)c2csc(-c3ccc(C(C)C)cc3)n2)C1. The van der Waals surface area contributed by atoms with Crippen LogP contribution in [0, 0.1) is 5.41 Å². The lowest BCUT2D eigenvalue weighted by atomic mass is 9.88. The number of ether oxygens (including phenoxy) is 1. The highest BCUT2D eigenvalue weighted by atomic mass is 32.1. The predicted octanol–water partition coefficient (Wildman–Crippen LogP) is 3.50. The maximum atomic E-state index is 12.8. The van der Waals surface area contributed by atoms with E-state index in [1.807, 2.05) is 12.1 Å². The zero-order valence-electron chi connectivity index (χ0n) is 15.8. The highest BCUT2D eigenvalue weighted by molar-refractivity contribution is 7.13. The maximum Gasteiger partial charge on any atom is 0.313 e. The fourth-order valence-electron chi connectivity index (χ4n) is 3.35. The molecule has 1 atom stereocenters. The van der Waals surface area contributed by atoms with Crippen LogP contribution < -0.4 is 0 Å². The number of carboxylic acid groups (broad SMARTS) is 1. The first-order valence-corrected chi connectivity index (χ1v) is 9.82. The molecule has 1 aromatic carbocycles. The van der Waals surface area contributed by atoms with Crippen LogP contribution in [-0.4, -0.2) is 53.7 Å². The molecule has 3 rings (SSSR count). The van der Waals surface area contributed by atoms with Crippen molar-refractivity contribution in [2.45, 2.75) is 26.2 Å². The van der Waals surface area contributed by atoms with Crippen molar-refractivity contribution in [2.75, 3.05) is 26.8 Å². The molecule has 144 valence electrons. The summed E-state index contributed by atoms with van der Waals surface area (Å²) in [7, 11) is 1.48. The highest BCUT2D eigenvalue weighted by Gasteiger charge is 2.46. The fourth-order valence-corrected chi connectivity index (χ4v) is 4.15. The zero-order valence-corrected chi connectivity index (χ0v) is 16.6.